The number of hydrogen-bond donors (Lipinski definition) is 5. The first kappa shape index (κ1) is 26.5. The van der Waals surface area contributed by atoms with E-state index in [9.17, 15) is 9.59 Å². The molecule has 192 valence electrons. The van der Waals surface area contributed by atoms with E-state index in [1.807, 2.05) is 18.2 Å². The second-order valence-corrected chi connectivity index (χ2v) is 8.10. The third kappa shape index (κ3) is 6.72. The summed E-state index contributed by atoms with van der Waals surface area (Å²) < 4.78 is 6.61. The van der Waals surface area contributed by atoms with Crippen molar-refractivity contribution >= 4 is 34.6 Å². The molecule has 1 aliphatic carbocycles. The average molecular weight is 495 g/mol. The number of rotatable bonds is 7. The lowest BCUT2D eigenvalue weighted by atomic mass is 10.2. The average Bonchev–Trinajstić information content (AvgIpc) is 3.45. The van der Waals surface area contributed by atoms with E-state index in [-0.39, 0.29) is 17.0 Å². The van der Waals surface area contributed by atoms with Gasteiger partial charge in [0.1, 0.15) is 23.1 Å². The molecule has 0 unspecified atom stereocenters. The van der Waals surface area contributed by atoms with Gasteiger partial charge in [0.2, 0.25) is 0 Å². The molecule has 1 amide bonds. The minimum atomic E-state index is -0.419. The van der Waals surface area contributed by atoms with Crippen LogP contribution >= 0.6 is 0 Å². The zero-order valence-electron chi connectivity index (χ0n) is 20.9. The van der Waals surface area contributed by atoms with E-state index in [1.165, 1.54) is 37.3 Å². The number of ether oxygens (including phenoxy) is 1. The highest BCUT2D eigenvalue weighted by molar-refractivity contribution is 6.18. The number of nitrogens with zero attached hydrogens (tertiary/aromatic N) is 3. The molecule has 0 radical (unpaired) electrons. The second kappa shape index (κ2) is 13.1. The van der Waals surface area contributed by atoms with Crippen molar-refractivity contribution in [3.05, 3.63) is 65.0 Å². The third-order valence-electron chi connectivity index (χ3n) is 5.76. The Morgan fingerprint density at radius 2 is 2.00 bits per heavy atom. The molecule has 4 rings (SSSR count). The quantitative estimate of drug-likeness (QED) is 0.364. The normalized spacial score (nSPS) is 15.3. The van der Waals surface area contributed by atoms with Gasteiger partial charge in [-0.15, -0.1) is 0 Å². The molecular weight excluding hydrogens is 460 g/mol. The zero-order chi connectivity index (χ0) is 25.9. The van der Waals surface area contributed by atoms with E-state index < -0.39 is 5.91 Å². The van der Waals surface area contributed by atoms with Gasteiger partial charge in [-0.2, -0.15) is 0 Å². The van der Waals surface area contributed by atoms with Crippen LogP contribution in [0.1, 0.15) is 31.5 Å². The van der Waals surface area contributed by atoms with Gasteiger partial charge < -0.3 is 31.7 Å². The number of aromatic nitrogens is 3. The first-order chi connectivity index (χ1) is 17.5. The molecule has 11 nitrogen and oxygen atoms in total. The molecule has 0 atom stereocenters. The Morgan fingerprint density at radius 1 is 1.25 bits per heavy atom. The maximum absolute atomic E-state index is 12.9. The summed E-state index contributed by atoms with van der Waals surface area (Å²) in [5, 5.41) is 11.5. The number of carbonyl (C=O) groups is 1. The fourth-order valence-corrected chi connectivity index (χ4v) is 3.80. The van der Waals surface area contributed by atoms with Gasteiger partial charge in [0.15, 0.2) is 5.82 Å². The highest BCUT2D eigenvalue weighted by Crippen LogP contribution is 2.20. The Bertz CT molecular complexity index is 1200. The smallest absolute Gasteiger partial charge is 0.279 e. The van der Waals surface area contributed by atoms with E-state index in [4.69, 9.17) is 10.5 Å². The van der Waals surface area contributed by atoms with Crippen molar-refractivity contribution in [3.8, 4) is 0 Å². The number of allylic oxidation sites excluding steroid dienone is 2. The molecule has 2 aromatic heterocycles. The van der Waals surface area contributed by atoms with Crippen LogP contribution in [0.5, 0.6) is 0 Å². The SMILES string of the molecule is CNC(=O)/C(=C/N)c1nc(NC)cc(Nc2cccn(C3=CC=CCN3)c2=O)n1.COC1CCCC1. The molecule has 1 fully saturated rings. The van der Waals surface area contributed by atoms with Gasteiger partial charge in [0, 0.05) is 46.2 Å². The van der Waals surface area contributed by atoms with Crippen LogP contribution in [0.3, 0.4) is 0 Å². The number of pyridine rings is 1. The summed E-state index contributed by atoms with van der Waals surface area (Å²) >= 11 is 0. The van der Waals surface area contributed by atoms with Crippen molar-refractivity contribution in [1.82, 2.24) is 25.2 Å². The number of carbonyl (C=O) groups excluding carboxylic acids is 1. The van der Waals surface area contributed by atoms with Gasteiger partial charge >= 0.3 is 0 Å². The number of nitrogens with two attached hydrogens (primary N) is 1. The second-order valence-electron chi connectivity index (χ2n) is 8.10. The van der Waals surface area contributed by atoms with Gasteiger partial charge in [0.25, 0.3) is 11.5 Å². The zero-order valence-corrected chi connectivity index (χ0v) is 20.9. The van der Waals surface area contributed by atoms with Crippen LogP contribution in [0, 0.1) is 0 Å². The van der Waals surface area contributed by atoms with Crippen LogP contribution in [-0.4, -0.2) is 54.3 Å². The van der Waals surface area contributed by atoms with Gasteiger partial charge in [-0.1, -0.05) is 25.0 Å². The predicted molar refractivity (Wildman–Crippen MR) is 142 cm³/mol. The topological polar surface area (TPSA) is 148 Å². The first-order valence-corrected chi connectivity index (χ1v) is 11.8. The fraction of sp³-hybridized carbons (Fsp3) is 0.360. The molecule has 1 aliphatic heterocycles. The van der Waals surface area contributed by atoms with Gasteiger partial charge in [0.05, 0.1) is 11.7 Å². The molecule has 0 spiro atoms. The summed E-state index contributed by atoms with van der Waals surface area (Å²) in [5.74, 6) is 1.17. The molecule has 1 saturated carbocycles. The Morgan fingerprint density at radius 3 is 2.58 bits per heavy atom. The van der Waals surface area contributed by atoms with Crippen molar-refractivity contribution < 1.29 is 9.53 Å². The maximum atomic E-state index is 12.9. The number of hydrogen-bond acceptors (Lipinski definition) is 9. The first-order valence-electron chi connectivity index (χ1n) is 11.8. The van der Waals surface area contributed by atoms with Crippen LogP contribution < -0.4 is 32.6 Å². The molecule has 3 heterocycles. The number of likely N-dealkylation sites (N-methyl/N-ethyl adjacent to an activating group) is 1. The number of dihydropyridines is 1. The monoisotopic (exact) mass is 494 g/mol. The maximum Gasteiger partial charge on any atom is 0.279 e. The number of anilines is 3. The minimum absolute atomic E-state index is 0.112. The van der Waals surface area contributed by atoms with Gasteiger partial charge in [-0.05, 0) is 31.1 Å². The molecule has 2 aromatic rings. The van der Waals surface area contributed by atoms with Gasteiger partial charge in [-0.25, -0.2) is 9.97 Å². The van der Waals surface area contributed by atoms with Crippen molar-refractivity contribution in [2.45, 2.75) is 31.8 Å². The van der Waals surface area contributed by atoms with Crippen molar-refractivity contribution in [1.29, 1.82) is 0 Å². The van der Waals surface area contributed by atoms with E-state index in [2.05, 4.69) is 31.2 Å². The number of nitrogens with one attached hydrogen (secondary N) is 4. The third-order valence-corrected chi connectivity index (χ3v) is 5.76. The standard InChI is InChI=1S/C19H22N8O2.C6H12O/c1-21-14-10-15(26-17(25-14)12(11-20)18(28)22-2)24-13-6-5-9-27(19(13)29)16-7-3-4-8-23-16;1-7-6-4-2-3-5-6/h3-7,9-11,23H,8,20H2,1-2H3,(H,22,28)(H2,21,24,25,26);6H,2-5H2,1H3/b12-11+;. The Labute approximate surface area is 210 Å². The van der Waals surface area contributed by atoms with Crippen LogP contribution in [0.4, 0.5) is 17.3 Å². The molecule has 0 aromatic carbocycles. The summed E-state index contributed by atoms with van der Waals surface area (Å²) in [6, 6.07) is 5.03. The highest BCUT2D eigenvalue weighted by Gasteiger charge is 2.16. The largest absolute Gasteiger partial charge is 0.404 e. The van der Waals surface area contributed by atoms with Crippen LogP contribution in [-0.2, 0) is 9.53 Å². The van der Waals surface area contributed by atoms with Crippen LogP contribution in [0.25, 0.3) is 11.4 Å². The predicted octanol–water partition coefficient (Wildman–Crippen LogP) is 2.00. The summed E-state index contributed by atoms with van der Waals surface area (Å²) in [6.07, 6.45) is 14.4. The molecule has 6 N–H and O–H groups in total. The minimum Gasteiger partial charge on any atom is -0.404 e. The Balaban J connectivity index is 0.000000444. The van der Waals surface area contributed by atoms with E-state index in [1.54, 1.807) is 38.6 Å². The van der Waals surface area contributed by atoms with E-state index in [0.29, 0.717) is 35.8 Å². The van der Waals surface area contributed by atoms with Crippen molar-refractivity contribution in [2.75, 3.05) is 38.4 Å². The van der Waals surface area contributed by atoms with Crippen LogP contribution in [0.2, 0.25) is 0 Å². The highest BCUT2D eigenvalue weighted by atomic mass is 16.5. The summed E-state index contributed by atoms with van der Waals surface area (Å²) in [7, 11) is 4.98. The molecule has 2 aliphatic rings. The number of methoxy groups -OCH3 is 1. The lowest BCUT2D eigenvalue weighted by molar-refractivity contribution is -0.115. The fourth-order valence-electron chi connectivity index (χ4n) is 3.80. The lowest BCUT2D eigenvalue weighted by Gasteiger charge is -2.16. The summed E-state index contributed by atoms with van der Waals surface area (Å²) in [4.78, 5) is 33.5. The van der Waals surface area contributed by atoms with Crippen molar-refractivity contribution in [3.63, 3.8) is 0 Å². The molecule has 11 heteroatoms. The van der Waals surface area contributed by atoms with Gasteiger partial charge in [-0.3, -0.25) is 14.2 Å². The van der Waals surface area contributed by atoms with E-state index >= 15 is 0 Å². The Hall–Kier alpha value is -4.12. The van der Waals surface area contributed by atoms with Crippen LogP contribution in [0.15, 0.2) is 53.6 Å². The summed E-state index contributed by atoms with van der Waals surface area (Å²) in [6.45, 7) is 0.643. The molecular formula is C25H34N8O3. The molecule has 0 saturated heterocycles. The lowest BCUT2D eigenvalue weighted by Crippen LogP contribution is -2.29. The molecule has 0 bridgehead atoms. The van der Waals surface area contributed by atoms with Crippen molar-refractivity contribution in [2.24, 2.45) is 5.73 Å². The summed E-state index contributed by atoms with van der Waals surface area (Å²) in [5.41, 5.74) is 5.76. The molecule has 36 heavy (non-hydrogen) atoms. The Kier molecular flexibility index (Phi) is 9.64. The van der Waals surface area contributed by atoms with E-state index in [0.717, 1.165) is 6.20 Å². The number of amides is 1.